The van der Waals surface area contributed by atoms with E-state index in [0.29, 0.717) is 23.5 Å². The van der Waals surface area contributed by atoms with Crippen LogP contribution in [-0.4, -0.2) is 98.2 Å². The summed E-state index contributed by atoms with van der Waals surface area (Å²) in [5, 5.41) is 5.44. The van der Waals surface area contributed by atoms with Crippen LogP contribution in [0.15, 0.2) is 48.8 Å². The molecule has 2 aliphatic carbocycles. The van der Waals surface area contributed by atoms with Crippen molar-refractivity contribution in [1.82, 2.24) is 40.4 Å². The molecule has 4 N–H and O–H groups in total. The number of carbonyl (C=O) groups excluding carboxylic acids is 4. The minimum absolute atomic E-state index is 0.0465. The van der Waals surface area contributed by atoms with Crippen LogP contribution in [0, 0.1) is 11.8 Å². The molecule has 2 aromatic carbocycles. The van der Waals surface area contributed by atoms with Crippen molar-refractivity contribution in [3.63, 3.8) is 0 Å². The zero-order valence-electron chi connectivity index (χ0n) is 35.6. The summed E-state index contributed by atoms with van der Waals surface area (Å²) >= 11 is 0. The Morgan fingerprint density at radius 3 is 1.75 bits per heavy atom. The summed E-state index contributed by atoms with van der Waals surface area (Å²) in [6.07, 6.45) is 4.16. The molecule has 3 unspecified atom stereocenters. The SMILES string of the molecule is CCC(=O)N[C@H](C(=O)N1C[C@@H](F)CC1c1ncc(-c2ccc(-c3ccc(-c4cnc([C@@H]5C[C@H](F)CN5C(=O)[C@@H](NC(=O)OC)C(C)C)[nH]4)cc3)c3c2C2CCC3C2)[nH]1)C(C)C. The van der Waals surface area contributed by atoms with Crippen LogP contribution >= 0.6 is 0 Å². The van der Waals surface area contributed by atoms with E-state index in [9.17, 15) is 23.6 Å². The lowest BCUT2D eigenvalue weighted by Gasteiger charge is -2.30. The monoisotopic (exact) mass is 838 g/mol. The average molecular weight is 839 g/mol. The highest BCUT2D eigenvalue weighted by molar-refractivity contribution is 5.89. The van der Waals surface area contributed by atoms with E-state index in [1.54, 1.807) is 19.3 Å². The molecule has 4 aliphatic rings. The maximum absolute atomic E-state index is 15.0. The van der Waals surface area contributed by atoms with Gasteiger partial charge in [0, 0.05) is 24.8 Å². The van der Waals surface area contributed by atoms with Gasteiger partial charge in [-0.3, -0.25) is 14.4 Å². The largest absolute Gasteiger partial charge is 0.453 e. The number of nitrogens with one attached hydrogen (secondary N) is 4. The Hall–Kier alpha value is -5.60. The summed E-state index contributed by atoms with van der Waals surface area (Å²) in [6, 6.07) is 9.78. The lowest BCUT2D eigenvalue weighted by atomic mass is 9.82. The van der Waals surface area contributed by atoms with Gasteiger partial charge in [0.15, 0.2) is 0 Å². The van der Waals surface area contributed by atoms with Crippen molar-refractivity contribution in [3.8, 4) is 33.6 Å². The molecule has 2 saturated heterocycles. The maximum atomic E-state index is 15.0. The molecule has 15 heteroatoms. The van der Waals surface area contributed by atoms with E-state index in [1.807, 2.05) is 39.8 Å². The zero-order valence-corrected chi connectivity index (χ0v) is 35.6. The number of alkyl halides is 2. The van der Waals surface area contributed by atoms with Crippen molar-refractivity contribution in [2.24, 2.45) is 11.8 Å². The van der Waals surface area contributed by atoms with E-state index in [1.165, 1.54) is 33.6 Å². The van der Waals surface area contributed by atoms with Gasteiger partial charge in [-0.15, -0.1) is 0 Å². The van der Waals surface area contributed by atoms with E-state index in [0.717, 1.165) is 47.3 Å². The first-order chi connectivity index (χ1) is 29.3. The third kappa shape index (κ3) is 8.03. The molecule has 61 heavy (non-hydrogen) atoms. The van der Waals surface area contributed by atoms with Crippen molar-refractivity contribution in [3.05, 3.63) is 71.6 Å². The molecule has 1 saturated carbocycles. The van der Waals surface area contributed by atoms with E-state index in [2.05, 4.69) is 49.9 Å². The van der Waals surface area contributed by atoms with Crippen LogP contribution < -0.4 is 10.6 Å². The molecule has 13 nitrogen and oxygen atoms in total. The highest BCUT2D eigenvalue weighted by Crippen LogP contribution is 2.58. The van der Waals surface area contributed by atoms with Gasteiger partial charge in [0.05, 0.1) is 56.1 Å². The number of hydrogen-bond donors (Lipinski definition) is 4. The third-order valence-electron chi connectivity index (χ3n) is 13.2. The van der Waals surface area contributed by atoms with Gasteiger partial charge in [0.1, 0.15) is 36.1 Å². The highest BCUT2D eigenvalue weighted by Gasteiger charge is 2.44. The normalized spacial score (nSPS) is 24.0. The number of amides is 4. The standard InChI is InChI=1S/C46H56F2N8O5/c1-7-37(57)53-40(23(2)3)44(58)55-21-30(48)18-36(55)43-50-20-34(52-43)32-15-14-31(38-27-12-13-28(16-27)39(32)38)25-8-10-26(11-9-25)33-19-49-42(51-33)35-17-29(47)22-56(35)45(59)41(24(4)5)54-46(60)61-6/h8-11,14-15,19-20,23-24,27-30,35-36,40-41H,7,12-13,16-18,21-22H2,1-6H3,(H,49,51)(H,50,52)(H,53,57)(H,54,60)/t27?,28?,29-,30-,35-,36?,40-,41-/m0/s1. The topological polar surface area (TPSA) is 165 Å². The number of halogens is 2. The number of H-pyrrole nitrogens is 2. The number of nitrogens with zero attached hydrogens (tertiary/aromatic N) is 4. The van der Waals surface area contributed by atoms with Crippen LogP contribution in [0.4, 0.5) is 13.6 Å². The number of benzene rings is 2. The van der Waals surface area contributed by atoms with Crippen molar-refractivity contribution in [1.29, 1.82) is 0 Å². The van der Waals surface area contributed by atoms with E-state index in [4.69, 9.17) is 9.72 Å². The fourth-order valence-electron chi connectivity index (χ4n) is 10.1. The average Bonchev–Trinajstić information content (AvgIpc) is 4.12. The molecule has 324 valence electrons. The molecule has 2 bridgehead atoms. The van der Waals surface area contributed by atoms with Crippen molar-refractivity contribution >= 4 is 23.8 Å². The predicted molar refractivity (Wildman–Crippen MR) is 226 cm³/mol. The van der Waals surface area contributed by atoms with Crippen LogP contribution in [0.25, 0.3) is 33.6 Å². The van der Waals surface area contributed by atoms with Crippen molar-refractivity contribution in [2.75, 3.05) is 20.2 Å². The Labute approximate surface area is 354 Å². The lowest BCUT2D eigenvalue weighted by Crippen LogP contribution is -2.51. The van der Waals surface area contributed by atoms with Gasteiger partial charge in [-0.05, 0) is 70.8 Å². The lowest BCUT2D eigenvalue weighted by molar-refractivity contribution is -0.138. The fourth-order valence-corrected chi connectivity index (χ4v) is 10.1. The molecule has 0 radical (unpaired) electrons. The molecule has 4 amide bonds. The van der Waals surface area contributed by atoms with Crippen molar-refractivity contribution in [2.45, 2.75) is 121 Å². The van der Waals surface area contributed by atoms with Crippen LogP contribution in [0.2, 0.25) is 0 Å². The number of alkyl carbamates (subject to hydrolysis) is 1. The number of rotatable bonds is 12. The van der Waals surface area contributed by atoms with Gasteiger partial charge >= 0.3 is 6.09 Å². The molecule has 2 aromatic heterocycles. The minimum atomic E-state index is -1.23. The first-order valence-electron chi connectivity index (χ1n) is 21.7. The zero-order chi connectivity index (χ0) is 43.3. The van der Waals surface area contributed by atoms with E-state index < -0.39 is 42.6 Å². The smallest absolute Gasteiger partial charge is 0.407 e. The van der Waals surface area contributed by atoms with Gasteiger partial charge in [-0.25, -0.2) is 23.5 Å². The van der Waals surface area contributed by atoms with Gasteiger partial charge in [0.2, 0.25) is 17.7 Å². The molecule has 4 heterocycles. The molecule has 4 aromatic rings. The number of hydrogen-bond acceptors (Lipinski definition) is 7. The fraction of sp³-hybridized carbons (Fsp3) is 0.522. The molecule has 0 spiro atoms. The summed E-state index contributed by atoms with van der Waals surface area (Å²) in [5.41, 5.74) is 8.48. The number of likely N-dealkylation sites (tertiary alicyclic amines) is 2. The third-order valence-corrected chi connectivity index (χ3v) is 13.2. The summed E-state index contributed by atoms with van der Waals surface area (Å²) in [6.45, 7) is 8.98. The second-order valence-corrected chi connectivity index (χ2v) is 17.8. The first-order valence-corrected chi connectivity index (χ1v) is 21.7. The number of fused-ring (bicyclic) bond motifs is 5. The Balaban J connectivity index is 1.03. The molecule has 8 rings (SSSR count). The predicted octanol–water partition coefficient (Wildman–Crippen LogP) is 7.65. The summed E-state index contributed by atoms with van der Waals surface area (Å²) in [5.74, 6) is 0.562. The highest BCUT2D eigenvalue weighted by atomic mass is 19.1. The van der Waals surface area contributed by atoms with Crippen LogP contribution in [0.5, 0.6) is 0 Å². The number of aromatic nitrogens is 4. The Morgan fingerprint density at radius 1 is 0.721 bits per heavy atom. The Kier molecular flexibility index (Phi) is 11.8. The van der Waals surface area contributed by atoms with Crippen LogP contribution in [0.1, 0.15) is 120 Å². The summed E-state index contributed by atoms with van der Waals surface area (Å²) < 4.78 is 34.7. The van der Waals surface area contributed by atoms with Gasteiger partial charge in [-0.1, -0.05) is 71.0 Å². The number of methoxy groups -OCH3 is 1. The number of imidazole rings is 2. The Morgan fingerprint density at radius 2 is 1.21 bits per heavy atom. The van der Waals surface area contributed by atoms with Gasteiger partial charge in [0.25, 0.3) is 0 Å². The van der Waals surface area contributed by atoms with E-state index in [-0.39, 0.29) is 61.9 Å². The Bertz CT molecular complexity index is 2290. The van der Waals surface area contributed by atoms with Crippen LogP contribution in [-0.2, 0) is 19.1 Å². The molecule has 2 aliphatic heterocycles. The van der Waals surface area contributed by atoms with Crippen LogP contribution in [0.3, 0.4) is 0 Å². The minimum Gasteiger partial charge on any atom is -0.453 e. The van der Waals surface area contributed by atoms with E-state index >= 15 is 4.39 Å². The number of aromatic amines is 2. The molecule has 8 atom stereocenters. The molecular formula is C46H56F2N8O5. The first kappa shape index (κ1) is 42.1. The quantitative estimate of drug-likeness (QED) is 0.114. The van der Waals surface area contributed by atoms with Gasteiger partial charge < -0.3 is 35.1 Å². The second kappa shape index (κ2) is 17.0. The van der Waals surface area contributed by atoms with Crippen molar-refractivity contribution < 1.29 is 32.7 Å². The number of carbonyl (C=O) groups is 4. The molecule has 3 fully saturated rings. The molecular weight excluding hydrogens is 783 g/mol. The number of ether oxygens (including phenoxy) is 1. The summed E-state index contributed by atoms with van der Waals surface area (Å²) in [4.78, 5) is 70.9. The maximum Gasteiger partial charge on any atom is 0.407 e. The van der Waals surface area contributed by atoms with Gasteiger partial charge in [-0.2, -0.15) is 0 Å². The summed E-state index contributed by atoms with van der Waals surface area (Å²) in [7, 11) is 1.23. The second-order valence-electron chi connectivity index (χ2n) is 17.8.